The van der Waals surface area contributed by atoms with Crippen molar-refractivity contribution < 1.29 is 0 Å². The summed E-state index contributed by atoms with van der Waals surface area (Å²) in [7, 11) is 0. The van der Waals surface area contributed by atoms with Gasteiger partial charge in [0.2, 0.25) is 0 Å². The first-order chi connectivity index (χ1) is 10.3. The lowest BCUT2D eigenvalue weighted by Crippen LogP contribution is -2.46. The van der Waals surface area contributed by atoms with E-state index in [9.17, 15) is 0 Å². The Balaban J connectivity index is 1.55. The Kier molecular flexibility index (Phi) is 4.13. The molecule has 0 spiro atoms. The van der Waals surface area contributed by atoms with Crippen LogP contribution in [0, 0.1) is 11.3 Å². The van der Waals surface area contributed by atoms with Crippen LogP contribution < -0.4 is 4.90 Å². The smallest absolute Gasteiger partial charge is 0.128 e. The molecule has 1 aliphatic heterocycles. The van der Waals surface area contributed by atoms with Gasteiger partial charge in [-0.1, -0.05) is 18.2 Å². The normalized spacial score (nSPS) is 15.7. The largest absolute Gasteiger partial charge is 0.354 e. The van der Waals surface area contributed by atoms with E-state index in [0.29, 0.717) is 0 Å². The van der Waals surface area contributed by atoms with Crippen LogP contribution in [0.1, 0.15) is 11.1 Å². The van der Waals surface area contributed by atoms with Crippen molar-refractivity contribution in [1.82, 2.24) is 9.88 Å². The fourth-order valence-electron chi connectivity index (χ4n) is 2.62. The molecule has 1 aromatic carbocycles. The summed E-state index contributed by atoms with van der Waals surface area (Å²) in [5.74, 6) is 1.07. The van der Waals surface area contributed by atoms with Crippen LogP contribution in [0.25, 0.3) is 0 Å². The zero-order chi connectivity index (χ0) is 14.5. The van der Waals surface area contributed by atoms with Crippen molar-refractivity contribution in [2.75, 3.05) is 31.1 Å². The second kappa shape index (κ2) is 6.38. The molecule has 21 heavy (non-hydrogen) atoms. The first-order valence-electron chi connectivity index (χ1n) is 7.22. The zero-order valence-electron chi connectivity index (χ0n) is 11.9. The molecule has 1 aromatic heterocycles. The summed E-state index contributed by atoms with van der Waals surface area (Å²) in [6.07, 6.45) is 1.85. The lowest BCUT2D eigenvalue weighted by Gasteiger charge is -2.35. The summed E-state index contributed by atoms with van der Waals surface area (Å²) in [4.78, 5) is 9.18. The number of nitrogens with zero attached hydrogens (tertiary/aromatic N) is 4. The van der Waals surface area contributed by atoms with Crippen molar-refractivity contribution in [2.45, 2.75) is 6.54 Å². The number of aromatic nitrogens is 1. The fourth-order valence-corrected chi connectivity index (χ4v) is 2.62. The number of benzene rings is 1. The molecule has 106 valence electrons. The molecule has 2 aromatic rings. The lowest BCUT2D eigenvalue weighted by atomic mass is 10.1. The molecule has 0 bridgehead atoms. The van der Waals surface area contributed by atoms with Gasteiger partial charge in [0, 0.05) is 38.9 Å². The quantitative estimate of drug-likeness (QED) is 0.864. The van der Waals surface area contributed by atoms with Gasteiger partial charge in [0.1, 0.15) is 5.82 Å². The van der Waals surface area contributed by atoms with E-state index in [1.807, 2.05) is 42.6 Å². The van der Waals surface area contributed by atoms with Crippen LogP contribution in [-0.2, 0) is 6.54 Å². The maximum absolute atomic E-state index is 8.82. The van der Waals surface area contributed by atoms with Gasteiger partial charge < -0.3 is 4.90 Å². The van der Waals surface area contributed by atoms with E-state index in [-0.39, 0.29) is 0 Å². The minimum absolute atomic E-state index is 0.721. The first-order valence-corrected chi connectivity index (χ1v) is 7.22. The number of nitriles is 1. The average Bonchev–Trinajstić information content (AvgIpc) is 2.57. The van der Waals surface area contributed by atoms with Gasteiger partial charge in [-0.25, -0.2) is 4.98 Å². The van der Waals surface area contributed by atoms with Crippen molar-refractivity contribution in [3.05, 3.63) is 59.8 Å². The van der Waals surface area contributed by atoms with Gasteiger partial charge in [-0.3, -0.25) is 4.90 Å². The van der Waals surface area contributed by atoms with Gasteiger partial charge in [0.15, 0.2) is 0 Å². The van der Waals surface area contributed by atoms with E-state index in [2.05, 4.69) is 26.9 Å². The molecule has 3 rings (SSSR count). The Morgan fingerprint density at radius 2 is 1.76 bits per heavy atom. The van der Waals surface area contributed by atoms with Crippen LogP contribution in [0.4, 0.5) is 5.82 Å². The number of rotatable bonds is 3. The van der Waals surface area contributed by atoms with E-state index < -0.39 is 0 Å². The highest BCUT2D eigenvalue weighted by atomic mass is 15.3. The molecular formula is C17H18N4. The second-order valence-corrected chi connectivity index (χ2v) is 5.26. The van der Waals surface area contributed by atoms with Crippen molar-refractivity contribution in [2.24, 2.45) is 0 Å². The van der Waals surface area contributed by atoms with Crippen molar-refractivity contribution >= 4 is 5.82 Å². The Morgan fingerprint density at radius 1 is 1.00 bits per heavy atom. The molecule has 0 amide bonds. The molecule has 4 heteroatoms. The fraction of sp³-hybridized carbons (Fsp3) is 0.294. The predicted molar refractivity (Wildman–Crippen MR) is 82.9 cm³/mol. The lowest BCUT2D eigenvalue weighted by molar-refractivity contribution is 0.249. The van der Waals surface area contributed by atoms with Crippen molar-refractivity contribution in [3.8, 4) is 6.07 Å². The maximum Gasteiger partial charge on any atom is 0.128 e. The van der Waals surface area contributed by atoms with Gasteiger partial charge in [-0.05, 0) is 29.8 Å². The predicted octanol–water partition coefficient (Wildman–Crippen LogP) is 2.28. The summed E-state index contributed by atoms with van der Waals surface area (Å²) >= 11 is 0. The van der Waals surface area contributed by atoms with E-state index in [0.717, 1.165) is 44.1 Å². The van der Waals surface area contributed by atoms with Crippen molar-refractivity contribution in [3.63, 3.8) is 0 Å². The van der Waals surface area contributed by atoms with Crippen molar-refractivity contribution in [1.29, 1.82) is 5.26 Å². The number of anilines is 1. The highest BCUT2D eigenvalue weighted by Crippen LogP contribution is 2.14. The molecular weight excluding hydrogens is 260 g/mol. The Morgan fingerprint density at radius 3 is 2.38 bits per heavy atom. The number of hydrogen-bond donors (Lipinski definition) is 0. The number of hydrogen-bond acceptors (Lipinski definition) is 4. The van der Waals surface area contributed by atoms with E-state index >= 15 is 0 Å². The minimum atomic E-state index is 0.721. The molecule has 0 unspecified atom stereocenters. The van der Waals surface area contributed by atoms with E-state index in [1.165, 1.54) is 5.56 Å². The summed E-state index contributed by atoms with van der Waals surface area (Å²) in [6, 6.07) is 16.1. The molecule has 0 atom stereocenters. The second-order valence-electron chi connectivity index (χ2n) is 5.26. The summed E-state index contributed by atoms with van der Waals surface area (Å²) in [5, 5.41) is 8.82. The van der Waals surface area contributed by atoms with Gasteiger partial charge in [-0.2, -0.15) is 5.26 Å². The molecule has 1 fully saturated rings. The summed E-state index contributed by atoms with van der Waals surface area (Å²) < 4.78 is 0. The summed E-state index contributed by atoms with van der Waals surface area (Å²) in [5.41, 5.74) is 1.99. The number of pyridine rings is 1. The SMILES string of the molecule is N#Cc1ccc(CN2CCN(c3ccccn3)CC2)cc1. The van der Waals surface area contributed by atoms with E-state index in [4.69, 9.17) is 5.26 Å². The van der Waals surface area contributed by atoms with Gasteiger partial charge in [-0.15, -0.1) is 0 Å². The van der Waals surface area contributed by atoms with Crippen LogP contribution in [0.15, 0.2) is 48.7 Å². The molecule has 1 saturated heterocycles. The third-order valence-electron chi connectivity index (χ3n) is 3.83. The molecule has 0 saturated carbocycles. The maximum atomic E-state index is 8.82. The van der Waals surface area contributed by atoms with Gasteiger partial charge >= 0.3 is 0 Å². The minimum Gasteiger partial charge on any atom is -0.354 e. The Hall–Kier alpha value is -2.38. The highest BCUT2D eigenvalue weighted by molar-refractivity contribution is 5.38. The van der Waals surface area contributed by atoms with Crippen LogP contribution in [0.5, 0.6) is 0 Å². The Bertz CT molecular complexity index is 607. The molecule has 0 radical (unpaired) electrons. The summed E-state index contributed by atoms with van der Waals surface area (Å²) in [6.45, 7) is 5.04. The third kappa shape index (κ3) is 3.39. The van der Waals surface area contributed by atoms with Crippen LogP contribution in [-0.4, -0.2) is 36.1 Å². The van der Waals surface area contributed by atoms with Crippen LogP contribution in [0.2, 0.25) is 0 Å². The molecule has 4 nitrogen and oxygen atoms in total. The van der Waals surface area contributed by atoms with Crippen LogP contribution in [0.3, 0.4) is 0 Å². The molecule has 0 N–H and O–H groups in total. The number of piperazine rings is 1. The third-order valence-corrected chi connectivity index (χ3v) is 3.83. The average molecular weight is 278 g/mol. The molecule has 1 aliphatic rings. The van der Waals surface area contributed by atoms with Gasteiger partial charge in [0.05, 0.1) is 11.6 Å². The standard InChI is InChI=1S/C17H18N4/c18-13-15-4-6-16(7-5-15)14-20-9-11-21(12-10-20)17-3-1-2-8-19-17/h1-8H,9-12,14H2. The van der Waals surface area contributed by atoms with Gasteiger partial charge in [0.25, 0.3) is 0 Å². The first kappa shape index (κ1) is 13.6. The van der Waals surface area contributed by atoms with Crippen LogP contribution >= 0.6 is 0 Å². The molecule has 0 aliphatic carbocycles. The van der Waals surface area contributed by atoms with E-state index in [1.54, 1.807) is 0 Å². The zero-order valence-corrected chi connectivity index (χ0v) is 11.9. The highest BCUT2D eigenvalue weighted by Gasteiger charge is 2.17. The molecule has 2 heterocycles. The Labute approximate surface area is 125 Å². The topological polar surface area (TPSA) is 43.2 Å². The monoisotopic (exact) mass is 278 g/mol.